The smallest absolute Gasteiger partial charge is 0.508 e. The molecule has 8 heteroatoms. The molecule has 0 amide bonds. The molecule has 10 radical (unpaired) electrons. The third kappa shape index (κ3) is 9.73. The number of para-hydroxylation sites is 2. The van der Waals surface area contributed by atoms with Gasteiger partial charge in [0.05, 0.1) is 16.6 Å². The summed E-state index contributed by atoms with van der Waals surface area (Å²) in [5.74, 6) is 2.54. The molecule has 2 saturated carbocycles. The molecule has 7 rings (SSSR count). The van der Waals surface area contributed by atoms with Crippen LogP contribution >= 0.6 is 0 Å². The van der Waals surface area contributed by atoms with Crippen molar-refractivity contribution in [3.05, 3.63) is 135 Å². The predicted octanol–water partition coefficient (Wildman–Crippen LogP) is 5.87. The number of nitrogens with zero attached hydrogens (tertiary/aromatic N) is 4. The first-order valence-electron chi connectivity index (χ1n) is 16.6. The molecule has 0 unspecified atom stereocenters. The molecular weight excluding hydrogens is 624 g/mol. The average molecular weight is 671 g/mol. The van der Waals surface area contributed by atoms with E-state index in [4.69, 9.17) is 4.98 Å². The molecule has 3 fully saturated rings. The van der Waals surface area contributed by atoms with E-state index in [1.165, 1.54) is 28.1 Å². The summed E-state index contributed by atoms with van der Waals surface area (Å²) in [6.07, 6.45) is 23.1. The van der Waals surface area contributed by atoms with Crippen molar-refractivity contribution in [1.29, 1.82) is 0 Å². The molecule has 3 N–H and O–H groups in total. The second-order valence-electron chi connectivity index (χ2n) is 12.2. The number of hydrogen-bond donors (Lipinski definition) is 3. The second-order valence-corrected chi connectivity index (χ2v) is 12.2. The van der Waals surface area contributed by atoms with Gasteiger partial charge in [-0.25, -0.2) is 4.98 Å². The second kappa shape index (κ2) is 18.2. The van der Waals surface area contributed by atoms with Crippen LogP contribution in [0.4, 0.5) is 5.82 Å². The van der Waals surface area contributed by atoms with Gasteiger partial charge in [-0.1, -0.05) is 24.3 Å². The van der Waals surface area contributed by atoms with Crippen LogP contribution in [0.25, 0.3) is 16.6 Å². The zero-order valence-corrected chi connectivity index (χ0v) is 28.4. The summed E-state index contributed by atoms with van der Waals surface area (Å²) >= 11 is 0. The Balaban J connectivity index is 0.000000662. The molecule has 4 aromatic rings. The normalized spacial score (nSPS) is 17.6. The van der Waals surface area contributed by atoms with Crippen molar-refractivity contribution in [3.8, 4) is 5.75 Å². The minimum absolute atomic E-state index is 0. The molecule has 3 heterocycles. The molecule has 2 aromatic carbocycles. The van der Waals surface area contributed by atoms with Crippen LogP contribution in [0.2, 0.25) is 0 Å². The van der Waals surface area contributed by atoms with Gasteiger partial charge in [0, 0.05) is 51.4 Å². The molecule has 1 saturated heterocycles. The minimum atomic E-state index is 0. The van der Waals surface area contributed by atoms with Crippen molar-refractivity contribution in [2.45, 2.75) is 26.3 Å². The number of phenolic OH excluding ortho intramolecular Hbond substituents is 1. The molecule has 1 aliphatic heterocycles. The summed E-state index contributed by atoms with van der Waals surface area (Å²) in [6, 6.07) is 15.8. The Kier molecular flexibility index (Phi) is 13.8. The number of aromatic nitrogens is 2. The van der Waals surface area contributed by atoms with Crippen molar-refractivity contribution in [2.24, 2.45) is 0 Å². The molecule has 0 spiro atoms. The average Bonchev–Trinajstić information content (AvgIpc) is 3.88. The van der Waals surface area contributed by atoms with Gasteiger partial charge in [0.1, 0.15) is 5.75 Å². The zero-order valence-electron chi connectivity index (χ0n) is 27.3. The summed E-state index contributed by atoms with van der Waals surface area (Å²) in [4.78, 5) is 10.3. The number of rotatable bonds is 12. The molecule has 2 aromatic heterocycles. The van der Waals surface area contributed by atoms with Gasteiger partial charge in [-0.15, -0.1) is 0 Å². The predicted molar refractivity (Wildman–Crippen MR) is 189 cm³/mol. The molecule has 2 aliphatic carbocycles. The maximum atomic E-state index is 9.41. The Morgan fingerprint density at radius 2 is 1.38 bits per heavy atom. The van der Waals surface area contributed by atoms with E-state index in [-0.39, 0.29) is 17.1 Å². The van der Waals surface area contributed by atoms with Gasteiger partial charge in [0.2, 0.25) is 0 Å². The summed E-state index contributed by atoms with van der Waals surface area (Å²) in [5.41, 5.74) is 7.06. The maximum absolute atomic E-state index is 9.41. The number of benzene rings is 2. The Bertz CT molecular complexity index is 1500. The third-order valence-corrected chi connectivity index (χ3v) is 8.80. The zero-order chi connectivity index (χ0) is 31.6. The summed E-state index contributed by atoms with van der Waals surface area (Å²) in [7, 11) is 0. The van der Waals surface area contributed by atoms with Crippen molar-refractivity contribution >= 4 is 22.4 Å². The Morgan fingerprint density at radius 1 is 0.766 bits per heavy atom. The van der Waals surface area contributed by atoms with Crippen molar-refractivity contribution < 1.29 is 22.2 Å². The van der Waals surface area contributed by atoms with Gasteiger partial charge in [0.15, 0.2) is 5.82 Å². The van der Waals surface area contributed by atoms with Crippen LogP contribution in [0.1, 0.15) is 29.5 Å². The molecule has 47 heavy (non-hydrogen) atoms. The van der Waals surface area contributed by atoms with E-state index in [0.29, 0.717) is 5.75 Å². The standard InChI is InChI=1S/C34H41N6O.C5H5.Fe/c1-26-25-40-31-11-5-4-10-30(31)37-34(33(40)32(26)28-8-2-3-9-28)36-17-7-19-39-22-20-38(21-23-39)18-6-16-35-24-27-12-14-29(41)15-13-27;1-2-4-5-3-1;/h2-5,8-15,25,35,41H,6-7,16-24H2,1H3,(H,36,37);1-5H;/q;;+2. The number of phenols is 1. The van der Waals surface area contributed by atoms with E-state index in [2.05, 4.69) is 87.9 Å². The van der Waals surface area contributed by atoms with Gasteiger partial charge in [-0.2, -0.15) is 0 Å². The van der Waals surface area contributed by atoms with Crippen LogP contribution in [-0.2, 0) is 23.6 Å². The first-order chi connectivity index (χ1) is 22.7. The summed E-state index contributed by atoms with van der Waals surface area (Å²) < 4.78 is 2.31. The van der Waals surface area contributed by atoms with Gasteiger partial charge in [0.25, 0.3) is 0 Å². The van der Waals surface area contributed by atoms with Gasteiger partial charge in [-0.05, 0) is 138 Å². The fraction of sp³-hybridized carbons (Fsp3) is 0.308. The van der Waals surface area contributed by atoms with Crippen molar-refractivity contribution in [1.82, 2.24) is 24.5 Å². The molecular formula is C39H46FeN6O+2. The fourth-order valence-electron chi connectivity index (χ4n) is 6.36. The summed E-state index contributed by atoms with van der Waals surface area (Å²) in [5, 5.41) is 16.6. The quantitative estimate of drug-likeness (QED) is 0.130. The number of piperazine rings is 1. The van der Waals surface area contributed by atoms with Crippen LogP contribution in [0.3, 0.4) is 0 Å². The van der Waals surface area contributed by atoms with Crippen molar-refractivity contribution in [3.63, 3.8) is 0 Å². The fourth-order valence-corrected chi connectivity index (χ4v) is 6.36. The van der Waals surface area contributed by atoms with Gasteiger partial charge < -0.3 is 29.9 Å². The molecule has 0 atom stereocenters. The number of aryl methyl sites for hydroxylation is 1. The Labute approximate surface area is 293 Å². The molecule has 7 nitrogen and oxygen atoms in total. The molecule has 244 valence electrons. The van der Waals surface area contributed by atoms with Crippen LogP contribution in [0.5, 0.6) is 5.75 Å². The third-order valence-electron chi connectivity index (χ3n) is 8.80. The van der Waals surface area contributed by atoms with E-state index < -0.39 is 0 Å². The number of nitrogens with one attached hydrogen (secondary N) is 2. The van der Waals surface area contributed by atoms with E-state index in [9.17, 15) is 5.11 Å². The first kappa shape index (κ1) is 35.7. The number of fused-ring (bicyclic) bond motifs is 3. The van der Waals surface area contributed by atoms with Gasteiger partial charge in [-0.3, -0.25) is 0 Å². The van der Waals surface area contributed by atoms with E-state index in [0.717, 1.165) is 88.6 Å². The topological polar surface area (TPSA) is 68.1 Å². The number of hydrogen-bond acceptors (Lipinski definition) is 6. The largest absolute Gasteiger partial charge is 2.00 e. The number of aromatic hydroxyl groups is 1. The minimum Gasteiger partial charge on any atom is -0.508 e. The Hall–Kier alpha value is -2.61. The van der Waals surface area contributed by atoms with Crippen LogP contribution in [0.15, 0.2) is 54.7 Å². The molecule has 0 bridgehead atoms. The maximum Gasteiger partial charge on any atom is 2.00 e. The van der Waals surface area contributed by atoms with Crippen LogP contribution in [0, 0.1) is 70.6 Å². The van der Waals surface area contributed by atoms with Gasteiger partial charge >= 0.3 is 17.1 Å². The summed E-state index contributed by atoms with van der Waals surface area (Å²) in [6.45, 7) is 11.8. The van der Waals surface area contributed by atoms with Crippen LogP contribution in [-0.4, -0.2) is 76.6 Å². The first-order valence-corrected chi connectivity index (χ1v) is 16.6. The van der Waals surface area contributed by atoms with E-state index >= 15 is 0 Å². The van der Waals surface area contributed by atoms with E-state index in [1.807, 2.05) is 44.2 Å². The SMILES string of the molecule is Cc1cn2c(c(NCCCN3CCN(CCCNCc4ccc(O)cc4)CC3)nc3ccccc32)c1[C]1[CH][CH][CH][CH]1.[CH]1[CH][CH][CH][CH]1.[Fe+2]. The molecule has 3 aliphatic rings. The number of anilines is 1. The monoisotopic (exact) mass is 670 g/mol. The van der Waals surface area contributed by atoms with E-state index in [1.54, 1.807) is 12.1 Å². The van der Waals surface area contributed by atoms with Crippen molar-refractivity contribution in [2.75, 3.05) is 57.7 Å². The Morgan fingerprint density at radius 3 is 2.04 bits per heavy atom. The van der Waals surface area contributed by atoms with Crippen LogP contribution < -0.4 is 10.6 Å².